The zero-order valence-electron chi connectivity index (χ0n) is 10.4. The van der Waals surface area contributed by atoms with Gasteiger partial charge in [-0.25, -0.2) is 13.1 Å². The van der Waals surface area contributed by atoms with Crippen LogP contribution in [0.1, 0.15) is 12.5 Å². The number of halogens is 2. The Morgan fingerprint density at radius 3 is 2.53 bits per heavy atom. The van der Waals surface area contributed by atoms with Crippen molar-refractivity contribution in [3.8, 4) is 0 Å². The maximum absolute atomic E-state index is 12.2. The van der Waals surface area contributed by atoms with Crippen LogP contribution >= 0.6 is 44.1 Å². The molecule has 0 spiro atoms. The van der Waals surface area contributed by atoms with Crippen LogP contribution in [-0.2, 0) is 10.0 Å². The zero-order chi connectivity index (χ0) is 14.8. The molecule has 0 bridgehead atoms. The van der Waals surface area contributed by atoms with Gasteiger partial charge in [-0.2, -0.15) is 0 Å². The molecule has 0 saturated heterocycles. The molecule has 1 rings (SSSR count). The summed E-state index contributed by atoms with van der Waals surface area (Å²) in [7, 11) is -3.60. The molecule has 4 nitrogen and oxygen atoms in total. The van der Waals surface area contributed by atoms with Crippen molar-refractivity contribution in [2.45, 2.75) is 18.7 Å². The molecule has 0 heterocycles. The van der Waals surface area contributed by atoms with Crippen LogP contribution in [0.15, 0.2) is 26.0 Å². The van der Waals surface area contributed by atoms with Gasteiger partial charge in [0.15, 0.2) is 0 Å². The molecule has 0 aliphatic heterocycles. The molecule has 0 aromatic heterocycles. The van der Waals surface area contributed by atoms with Crippen molar-refractivity contribution in [1.29, 1.82) is 0 Å². The first-order valence-corrected chi connectivity index (χ1v) is 8.87. The number of thiocarbonyl (C=S) groups is 1. The molecule has 0 amide bonds. The quantitative estimate of drug-likeness (QED) is 0.705. The Morgan fingerprint density at radius 1 is 1.42 bits per heavy atom. The van der Waals surface area contributed by atoms with Crippen LogP contribution in [0.5, 0.6) is 0 Å². The second-order valence-corrected chi connectivity index (χ2v) is 8.10. The van der Waals surface area contributed by atoms with Crippen LogP contribution in [0.4, 0.5) is 0 Å². The number of hydrogen-bond donors (Lipinski definition) is 2. The molecular weight excluding hydrogens is 416 g/mol. The maximum atomic E-state index is 12.2. The molecule has 1 atom stereocenters. The van der Waals surface area contributed by atoms with E-state index in [1.165, 1.54) is 0 Å². The highest BCUT2D eigenvalue weighted by Gasteiger charge is 2.20. The van der Waals surface area contributed by atoms with Gasteiger partial charge in [0, 0.05) is 21.4 Å². The minimum Gasteiger partial charge on any atom is -0.393 e. The Labute approximate surface area is 135 Å². The molecule has 0 aliphatic carbocycles. The van der Waals surface area contributed by atoms with Gasteiger partial charge >= 0.3 is 0 Å². The number of sulfonamides is 1. The highest BCUT2D eigenvalue weighted by molar-refractivity contribution is 9.11. The van der Waals surface area contributed by atoms with Gasteiger partial charge in [-0.15, -0.1) is 0 Å². The van der Waals surface area contributed by atoms with E-state index in [0.29, 0.717) is 4.47 Å². The van der Waals surface area contributed by atoms with Crippen LogP contribution in [0.25, 0.3) is 0 Å². The SMILES string of the molecule is Cc1cc(Br)c(S(=O)(=O)NCC(C)C(N)=S)cc1Br. The molecule has 0 aliphatic rings. The van der Waals surface area contributed by atoms with E-state index in [9.17, 15) is 8.42 Å². The maximum Gasteiger partial charge on any atom is 0.241 e. The topological polar surface area (TPSA) is 72.2 Å². The Morgan fingerprint density at radius 2 is 2.00 bits per heavy atom. The Balaban J connectivity index is 3.01. The van der Waals surface area contributed by atoms with Gasteiger partial charge in [0.1, 0.15) is 0 Å². The van der Waals surface area contributed by atoms with Crippen LogP contribution in [0, 0.1) is 12.8 Å². The predicted molar refractivity (Wildman–Crippen MR) is 87.7 cm³/mol. The van der Waals surface area contributed by atoms with Crippen LogP contribution in [0.2, 0.25) is 0 Å². The number of aryl methyl sites for hydroxylation is 1. The van der Waals surface area contributed by atoms with Gasteiger partial charge in [0.25, 0.3) is 0 Å². The van der Waals surface area contributed by atoms with E-state index in [4.69, 9.17) is 18.0 Å². The summed E-state index contributed by atoms with van der Waals surface area (Å²) < 4.78 is 28.1. The van der Waals surface area contributed by atoms with Gasteiger partial charge < -0.3 is 5.73 Å². The van der Waals surface area contributed by atoms with Gasteiger partial charge in [0.2, 0.25) is 10.0 Å². The minimum atomic E-state index is -3.60. The van der Waals surface area contributed by atoms with Crippen molar-refractivity contribution in [1.82, 2.24) is 4.72 Å². The Bertz CT molecular complexity index is 603. The molecule has 0 radical (unpaired) electrons. The normalized spacial score (nSPS) is 13.3. The van der Waals surface area contributed by atoms with Gasteiger partial charge in [-0.1, -0.05) is 35.1 Å². The minimum absolute atomic E-state index is 0.176. The molecule has 1 aromatic rings. The third-order valence-electron chi connectivity index (χ3n) is 2.57. The van der Waals surface area contributed by atoms with E-state index < -0.39 is 10.0 Å². The van der Waals surface area contributed by atoms with E-state index in [2.05, 4.69) is 36.6 Å². The van der Waals surface area contributed by atoms with Crippen molar-refractivity contribution >= 4 is 59.1 Å². The summed E-state index contributed by atoms with van der Waals surface area (Å²) in [5.74, 6) is -0.197. The first-order chi connectivity index (χ1) is 8.65. The molecule has 106 valence electrons. The molecular formula is C11H14Br2N2O2S2. The highest BCUT2D eigenvalue weighted by Crippen LogP contribution is 2.28. The lowest BCUT2D eigenvalue weighted by atomic mass is 10.2. The van der Waals surface area contributed by atoms with Crippen molar-refractivity contribution < 1.29 is 8.42 Å². The summed E-state index contributed by atoms with van der Waals surface area (Å²) in [5.41, 5.74) is 6.40. The zero-order valence-corrected chi connectivity index (χ0v) is 15.2. The summed E-state index contributed by atoms with van der Waals surface area (Å²) in [5, 5.41) is 0. The summed E-state index contributed by atoms with van der Waals surface area (Å²) in [6, 6.07) is 3.31. The first-order valence-electron chi connectivity index (χ1n) is 5.39. The first kappa shape index (κ1) is 17.0. The van der Waals surface area contributed by atoms with E-state index in [-0.39, 0.29) is 22.3 Å². The fourth-order valence-electron chi connectivity index (χ4n) is 1.25. The fraction of sp³-hybridized carbons (Fsp3) is 0.364. The third-order valence-corrected chi connectivity index (χ3v) is 6.21. The molecule has 8 heteroatoms. The van der Waals surface area contributed by atoms with Crippen LogP contribution < -0.4 is 10.5 Å². The summed E-state index contributed by atoms with van der Waals surface area (Å²) in [6.07, 6.45) is 0. The lowest BCUT2D eigenvalue weighted by Gasteiger charge is -2.13. The standard InChI is InChI=1S/C11H14Br2N2O2S2/c1-6-3-9(13)10(4-8(6)12)19(16,17)15-5-7(2)11(14)18/h3-4,7,15H,5H2,1-2H3,(H2,14,18). The third kappa shape index (κ3) is 4.49. The Hall–Kier alpha value is -0.0200. The van der Waals surface area contributed by atoms with Crippen LogP contribution in [-0.4, -0.2) is 20.0 Å². The fourth-order valence-corrected chi connectivity index (χ4v) is 4.14. The van der Waals surface area contributed by atoms with Gasteiger partial charge in [-0.3, -0.25) is 0 Å². The largest absolute Gasteiger partial charge is 0.393 e. The number of rotatable bonds is 5. The summed E-state index contributed by atoms with van der Waals surface area (Å²) in [4.78, 5) is 0.465. The van der Waals surface area contributed by atoms with Crippen molar-refractivity contribution in [3.63, 3.8) is 0 Å². The number of benzene rings is 1. The average molecular weight is 430 g/mol. The number of hydrogen-bond acceptors (Lipinski definition) is 3. The average Bonchev–Trinajstić information content (AvgIpc) is 2.30. The van der Waals surface area contributed by atoms with Crippen molar-refractivity contribution in [2.24, 2.45) is 11.7 Å². The van der Waals surface area contributed by atoms with E-state index >= 15 is 0 Å². The molecule has 1 unspecified atom stereocenters. The van der Waals surface area contributed by atoms with Crippen molar-refractivity contribution in [2.75, 3.05) is 6.54 Å². The lowest BCUT2D eigenvalue weighted by molar-refractivity contribution is 0.574. The summed E-state index contributed by atoms with van der Waals surface area (Å²) in [6.45, 7) is 3.83. The van der Waals surface area contributed by atoms with Crippen molar-refractivity contribution in [3.05, 3.63) is 26.6 Å². The van der Waals surface area contributed by atoms with E-state index in [1.54, 1.807) is 19.1 Å². The molecule has 0 saturated carbocycles. The van der Waals surface area contributed by atoms with E-state index in [1.807, 2.05) is 6.92 Å². The second-order valence-electron chi connectivity index (χ2n) is 4.19. The van der Waals surface area contributed by atoms with Gasteiger partial charge in [0.05, 0.1) is 9.88 Å². The van der Waals surface area contributed by atoms with E-state index in [0.717, 1.165) is 10.0 Å². The number of nitrogens with one attached hydrogen (secondary N) is 1. The van der Waals surface area contributed by atoms with Crippen LogP contribution in [0.3, 0.4) is 0 Å². The summed E-state index contributed by atoms with van der Waals surface area (Å²) >= 11 is 11.4. The Kier molecular flexibility index (Phi) is 5.94. The molecule has 0 fully saturated rings. The molecule has 3 N–H and O–H groups in total. The molecule has 1 aromatic carbocycles. The number of nitrogens with two attached hydrogens (primary N) is 1. The second kappa shape index (κ2) is 6.62. The highest BCUT2D eigenvalue weighted by atomic mass is 79.9. The smallest absolute Gasteiger partial charge is 0.241 e. The van der Waals surface area contributed by atoms with Gasteiger partial charge in [-0.05, 0) is 40.5 Å². The monoisotopic (exact) mass is 428 g/mol. The lowest BCUT2D eigenvalue weighted by Crippen LogP contribution is -2.33. The predicted octanol–water partition coefficient (Wildman–Crippen LogP) is 2.72. The molecule has 19 heavy (non-hydrogen) atoms.